The molecule has 0 unspecified atom stereocenters. The van der Waals surface area contributed by atoms with E-state index in [1.54, 1.807) is 0 Å². The van der Waals surface area contributed by atoms with E-state index in [0.717, 1.165) is 30.2 Å². The number of aliphatic hydroxyl groups is 2. The van der Waals surface area contributed by atoms with Crippen LogP contribution in [0.25, 0.3) is 0 Å². The molecule has 0 aliphatic heterocycles. The Morgan fingerprint density at radius 2 is 0.952 bits per heavy atom. The number of aliphatic hydroxyl groups excluding tert-OH is 2. The van der Waals surface area contributed by atoms with E-state index in [2.05, 4.69) is 55.4 Å². The summed E-state index contributed by atoms with van der Waals surface area (Å²) in [6.07, 6.45) is 2.20. The molecule has 0 saturated carbocycles. The first-order chi connectivity index (χ1) is 8.95. The second-order valence-corrected chi connectivity index (χ2v) is 7.84. The van der Waals surface area contributed by atoms with Crippen LogP contribution >= 0.6 is 12.4 Å². The first-order valence-electron chi connectivity index (χ1n) is 7.36. The number of hydrogen-bond acceptors (Lipinski definition) is 3. The van der Waals surface area contributed by atoms with Crippen molar-refractivity contribution in [1.82, 2.24) is 0 Å². The van der Waals surface area contributed by atoms with Crippen LogP contribution in [0.5, 0.6) is 0 Å². The molecule has 0 bridgehead atoms. The first kappa shape index (κ1) is 29.6. The van der Waals surface area contributed by atoms with Crippen LogP contribution in [0.2, 0.25) is 0 Å². The van der Waals surface area contributed by atoms with Gasteiger partial charge in [-0.25, -0.2) is 0 Å². The fraction of sp³-hybridized carbons (Fsp3) is 1.00. The summed E-state index contributed by atoms with van der Waals surface area (Å²) in [6.45, 7) is 17.7. The maximum absolute atomic E-state index is 8.84. The van der Waals surface area contributed by atoms with E-state index in [-0.39, 0.29) is 23.2 Å². The SMILES string of the molecule is CC(C)CC(C)(C)CO.CC(C)CC(C)(C)CO.Cl.[O]=[V]. The van der Waals surface area contributed by atoms with Crippen LogP contribution in [0, 0.1) is 22.7 Å². The van der Waals surface area contributed by atoms with E-state index >= 15 is 0 Å². The number of hydrogen-bond donors (Lipinski definition) is 2. The Balaban J connectivity index is -0.000000118. The minimum absolute atomic E-state index is 0. The predicted molar refractivity (Wildman–Crippen MR) is 88.6 cm³/mol. The number of rotatable bonds is 6. The van der Waals surface area contributed by atoms with Gasteiger partial charge in [-0.15, -0.1) is 12.4 Å². The predicted octanol–water partition coefficient (Wildman–Crippen LogP) is 4.40. The Bertz CT molecular complexity index is 198. The average Bonchev–Trinajstić information content (AvgIpc) is 2.29. The normalized spacial score (nSPS) is 11.0. The summed E-state index contributed by atoms with van der Waals surface area (Å²) >= 11 is 1.06. The van der Waals surface area contributed by atoms with E-state index in [1.807, 2.05) is 0 Å². The molecule has 0 heterocycles. The van der Waals surface area contributed by atoms with Crippen molar-refractivity contribution in [1.29, 1.82) is 0 Å². The van der Waals surface area contributed by atoms with E-state index in [1.165, 1.54) is 0 Å². The van der Waals surface area contributed by atoms with Gasteiger partial charge < -0.3 is 10.2 Å². The molecule has 5 heteroatoms. The third kappa shape index (κ3) is 25.9. The van der Waals surface area contributed by atoms with Crippen LogP contribution in [0.4, 0.5) is 0 Å². The topological polar surface area (TPSA) is 57.5 Å². The van der Waals surface area contributed by atoms with Gasteiger partial charge in [-0.2, -0.15) is 0 Å². The van der Waals surface area contributed by atoms with Crippen molar-refractivity contribution in [3.63, 3.8) is 0 Å². The fourth-order valence-corrected chi connectivity index (χ4v) is 2.34. The van der Waals surface area contributed by atoms with Gasteiger partial charge in [-0.05, 0) is 35.5 Å². The summed E-state index contributed by atoms with van der Waals surface area (Å²) in [5, 5.41) is 17.7. The van der Waals surface area contributed by atoms with Crippen LogP contribution in [0.15, 0.2) is 0 Å². The average molecular weight is 364 g/mol. The molecule has 0 aliphatic rings. The van der Waals surface area contributed by atoms with Crippen LogP contribution < -0.4 is 0 Å². The molecular weight excluding hydrogens is 327 g/mol. The van der Waals surface area contributed by atoms with E-state index in [4.69, 9.17) is 13.9 Å². The maximum atomic E-state index is 8.84. The molecule has 2 N–H and O–H groups in total. The van der Waals surface area contributed by atoms with Crippen molar-refractivity contribution in [2.75, 3.05) is 13.2 Å². The summed E-state index contributed by atoms with van der Waals surface area (Å²) in [5.41, 5.74) is 0.238. The van der Waals surface area contributed by atoms with Gasteiger partial charge in [0, 0.05) is 13.2 Å². The van der Waals surface area contributed by atoms with Crippen molar-refractivity contribution in [2.45, 2.75) is 68.2 Å². The molecule has 0 fully saturated rings. The quantitative estimate of drug-likeness (QED) is 0.735. The first-order valence-corrected chi connectivity index (χ1v) is 7.93. The fourth-order valence-electron chi connectivity index (χ4n) is 2.34. The molecule has 0 radical (unpaired) electrons. The van der Waals surface area contributed by atoms with Crippen molar-refractivity contribution >= 4 is 12.4 Å². The summed E-state index contributed by atoms with van der Waals surface area (Å²) in [4.78, 5) is 0. The molecule has 131 valence electrons. The van der Waals surface area contributed by atoms with Gasteiger partial charge in [0.2, 0.25) is 0 Å². The zero-order valence-electron chi connectivity index (χ0n) is 15.1. The molecular formula is C16H37ClO3V. The van der Waals surface area contributed by atoms with Crippen molar-refractivity contribution in [3.05, 3.63) is 0 Å². The van der Waals surface area contributed by atoms with E-state index < -0.39 is 0 Å². The number of halogens is 1. The Hall–Kier alpha value is 0.594. The van der Waals surface area contributed by atoms with Crippen molar-refractivity contribution in [3.8, 4) is 0 Å². The van der Waals surface area contributed by atoms with Gasteiger partial charge >= 0.3 is 21.0 Å². The summed E-state index contributed by atoms with van der Waals surface area (Å²) in [6, 6.07) is 0. The zero-order valence-corrected chi connectivity index (χ0v) is 17.4. The van der Waals surface area contributed by atoms with Gasteiger partial charge in [-0.1, -0.05) is 55.4 Å². The van der Waals surface area contributed by atoms with E-state index in [9.17, 15) is 0 Å². The van der Waals surface area contributed by atoms with Gasteiger partial charge in [0.05, 0.1) is 0 Å². The van der Waals surface area contributed by atoms with Crippen molar-refractivity contribution < 1.29 is 31.3 Å². The van der Waals surface area contributed by atoms with Crippen LogP contribution in [-0.2, 0) is 21.0 Å². The third-order valence-electron chi connectivity index (χ3n) is 2.78. The zero-order chi connectivity index (χ0) is 17.0. The molecule has 21 heavy (non-hydrogen) atoms. The standard InChI is InChI=1S/2C8H18O.ClH.O.V/c2*1-7(2)5-8(3,4)6-9;;;/h2*7,9H,5-6H2,1-4H3;1H;;. The Morgan fingerprint density at radius 3 is 1.00 bits per heavy atom. The van der Waals surface area contributed by atoms with Crippen LogP contribution in [-0.4, -0.2) is 23.4 Å². The molecule has 0 spiro atoms. The van der Waals surface area contributed by atoms with Gasteiger partial charge in [0.1, 0.15) is 0 Å². The van der Waals surface area contributed by atoms with Crippen molar-refractivity contribution in [2.24, 2.45) is 22.7 Å². The summed E-state index contributed by atoms with van der Waals surface area (Å²) in [7, 11) is 0. The Labute approximate surface area is 147 Å². The molecule has 0 rings (SSSR count). The molecule has 0 amide bonds. The van der Waals surface area contributed by atoms with E-state index in [0.29, 0.717) is 25.0 Å². The molecule has 0 aromatic carbocycles. The Morgan fingerprint density at radius 1 is 0.762 bits per heavy atom. The second kappa shape index (κ2) is 15.5. The monoisotopic (exact) mass is 363 g/mol. The summed E-state index contributed by atoms with van der Waals surface area (Å²) in [5.74, 6) is 1.37. The summed E-state index contributed by atoms with van der Waals surface area (Å²) < 4.78 is 8.19. The van der Waals surface area contributed by atoms with Crippen LogP contribution in [0.3, 0.4) is 0 Å². The molecule has 0 atom stereocenters. The molecule has 0 aromatic heterocycles. The molecule has 0 saturated heterocycles. The second-order valence-electron chi connectivity index (χ2n) is 7.84. The van der Waals surface area contributed by atoms with Crippen LogP contribution in [0.1, 0.15) is 68.2 Å². The van der Waals surface area contributed by atoms with Gasteiger partial charge in [-0.3, -0.25) is 0 Å². The minimum atomic E-state index is 0. The van der Waals surface area contributed by atoms with Gasteiger partial charge in [0.15, 0.2) is 0 Å². The Kier molecular flexibility index (Phi) is 21.8. The molecule has 3 nitrogen and oxygen atoms in total. The van der Waals surface area contributed by atoms with Gasteiger partial charge in [0.25, 0.3) is 0 Å². The third-order valence-corrected chi connectivity index (χ3v) is 2.78. The molecule has 0 aromatic rings. The molecule has 0 aliphatic carbocycles.